The summed E-state index contributed by atoms with van der Waals surface area (Å²) in [4.78, 5) is 11.7. The topological polar surface area (TPSA) is 66.5 Å². The molecule has 0 unspecified atom stereocenters. The van der Waals surface area contributed by atoms with Crippen LogP contribution in [0.1, 0.15) is 5.56 Å². The van der Waals surface area contributed by atoms with Gasteiger partial charge in [-0.2, -0.15) is 0 Å². The van der Waals surface area contributed by atoms with Crippen molar-refractivity contribution >= 4 is 27.3 Å². The number of anilines is 2. The van der Waals surface area contributed by atoms with Crippen LogP contribution in [0.25, 0.3) is 0 Å². The molecular weight excluding hydrogens is 300 g/mol. The molecule has 0 bridgehead atoms. The van der Waals surface area contributed by atoms with E-state index in [0.29, 0.717) is 17.8 Å². The van der Waals surface area contributed by atoms with Crippen molar-refractivity contribution in [2.75, 3.05) is 21.9 Å². The monoisotopic (exact) mass is 316 g/mol. The van der Waals surface area contributed by atoms with Gasteiger partial charge in [0, 0.05) is 0 Å². The minimum Gasteiger partial charge on any atom is -0.323 e. The zero-order valence-corrected chi connectivity index (χ0v) is 12.7. The number of carbonyl (C=O) groups is 1. The zero-order chi connectivity index (χ0) is 15.6. The molecule has 1 amide bonds. The highest BCUT2D eigenvalue weighted by Gasteiger charge is 2.30. The van der Waals surface area contributed by atoms with Crippen molar-refractivity contribution in [3.05, 3.63) is 60.2 Å². The Hall–Kier alpha value is -2.34. The molecule has 5 nitrogen and oxygen atoms in total. The highest BCUT2D eigenvalue weighted by molar-refractivity contribution is 7.92. The Morgan fingerprint density at radius 2 is 1.68 bits per heavy atom. The summed E-state index contributed by atoms with van der Waals surface area (Å²) in [6.07, 6.45) is 0.420. The number of nitrogens with zero attached hydrogens (tertiary/aromatic N) is 1. The second-order valence-electron chi connectivity index (χ2n) is 5.12. The van der Waals surface area contributed by atoms with Crippen LogP contribution in [0.4, 0.5) is 11.4 Å². The predicted molar refractivity (Wildman–Crippen MR) is 86.4 cm³/mol. The highest BCUT2D eigenvalue weighted by atomic mass is 32.2. The molecule has 0 aliphatic carbocycles. The van der Waals surface area contributed by atoms with Crippen molar-refractivity contribution in [2.45, 2.75) is 6.42 Å². The Balaban J connectivity index is 1.84. The van der Waals surface area contributed by atoms with Gasteiger partial charge in [-0.25, -0.2) is 8.42 Å². The average Bonchev–Trinajstić information content (AvgIpc) is 2.53. The third kappa shape index (κ3) is 2.96. The maximum atomic E-state index is 12.6. The van der Waals surface area contributed by atoms with Crippen LogP contribution in [0.5, 0.6) is 0 Å². The normalized spacial score (nSPS) is 14.4. The maximum Gasteiger partial charge on any atom is 0.245 e. The first-order chi connectivity index (χ1) is 10.6. The SMILES string of the molecule is O=C1CN(S(=O)(=O)CCc2ccccc2)c2ccccc2N1. The van der Waals surface area contributed by atoms with E-state index in [1.54, 1.807) is 24.3 Å². The van der Waals surface area contributed by atoms with Crippen LogP contribution in [0.2, 0.25) is 0 Å². The van der Waals surface area contributed by atoms with E-state index >= 15 is 0 Å². The summed E-state index contributed by atoms with van der Waals surface area (Å²) >= 11 is 0. The fraction of sp³-hybridized carbons (Fsp3) is 0.188. The van der Waals surface area contributed by atoms with Crippen LogP contribution in [0.15, 0.2) is 54.6 Å². The summed E-state index contributed by atoms with van der Waals surface area (Å²) in [6, 6.07) is 16.4. The number of sulfonamides is 1. The number of carbonyl (C=O) groups excluding carboxylic acids is 1. The summed E-state index contributed by atoms with van der Waals surface area (Å²) in [5.41, 5.74) is 2.01. The summed E-state index contributed by atoms with van der Waals surface area (Å²) in [5, 5.41) is 2.69. The molecule has 2 aromatic carbocycles. The molecule has 6 heteroatoms. The van der Waals surface area contributed by atoms with Gasteiger partial charge in [0.25, 0.3) is 0 Å². The first-order valence-corrected chi connectivity index (χ1v) is 8.60. The Morgan fingerprint density at radius 1 is 1.00 bits per heavy atom. The van der Waals surface area contributed by atoms with E-state index in [2.05, 4.69) is 5.32 Å². The van der Waals surface area contributed by atoms with Gasteiger partial charge in [0.2, 0.25) is 15.9 Å². The lowest BCUT2D eigenvalue weighted by Gasteiger charge is -2.30. The van der Waals surface area contributed by atoms with Crippen LogP contribution in [0.3, 0.4) is 0 Å². The minimum absolute atomic E-state index is 0.0291. The van der Waals surface area contributed by atoms with Crippen LogP contribution in [-0.4, -0.2) is 26.6 Å². The van der Waals surface area contributed by atoms with Gasteiger partial charge in [0.1, 0.15) is 6.54 Å². The van der Waals surface area contributed by atoms with Crippen LogP contribution >= 0.6 is 0 Å². The molecule has 0 spiro atoms. The van der Waals surface area contributed by atoms with E-state index in [1.807, 2.05) is 30.3 Å². The summed E-state index contributed by atoms with van der Waals surface area (Å²) < 4.78 is 26.4. The van der Waals surface area contributed by atoms with Crippen LogP contribution in [0, 0.1) is 0 Å². The maximum absolute atomic E-state index is 12.6. The average molecular weight is 316 g/mol. The standard InChI is InChI=1S/C16H16N2O3S/c19-16-12-18(15-9-5-4-8-14(15)17-16)22(20,21)11-10-13-6-2-1-3-7-13/h1-9H,10-12H2,(H,17,19). The second kappa shape index (κ2) is 5.81. The lowest BCUT2D eigenvalue weighted by atomic mass is 10.2. The van der Waals surface area contributed by atoms with E-state index in [1.165, 1.54) is 4.31 Å². The van der Waals surface area contributed by atoms with Gasteiger partial charge >= 0.3 is 0 Å². The first-order valence-electron chi connectivity index (χ1n) is 6.99. The van der Waals surface area contributed by atoms with Crippen molar-refractivity contribution in [2.24, 2.45) is 0 Å². The van der Waals surface area contributed by atoms with Gasteiger partial charge in [0.05, 0.1) is 17.1 Å². The quantitative estimate of drug-likeness (QED) is 0.938. The van der Waals surface area contributed by atoms with Crippen molar-refractivity contribution in [1.82, 2.24) is 0 Å². The summed E-state index contributed by atoms with van der Waals surface area (Å²) in [5.74, 6) is -0.347. The molecule has 0 fully saturated rings. The highest BCUT2D eigenvalue weighted by Crippen LogP contribution is 2.31. The van der Waals surface area contributed by atoms with E-state index in [0.717, 1.165) is 5.56 Å². The molecule has 3 rings (SSSR count). The van der Waals surface area contributed by atoms with Gasteiger partial charge in [-0.1, -0.05) is 42.5 Å². The van der Waals surface area contributed by atoms with Gasteiger partial charge < -0.3 is 5.32 Å². The van der Waals surface area contributed by atoms with Gasteiger partial charge in [-0.3, -0.25) is 9.10 Å². The number of para-hydroxylation sites is 2. The molecule has 1 heterocycles. The Morgan fingerprint density at radius 3 is 2.45 bits per heavy atom. The molecule has 22 heavy (non-hydrogen) atoms. The van der Waals surface area contributed by atoms with Gasteiger partial charge in [-0.05, 0) is 24.1 Å². The molecule has 0 saturated carbocycles. The number of hydrogen-bond acceptors (Lipinski definition) is 3. The predicted octanol–water partition coefficient (Wildman–Crippen LogP) is 2.02. The molecule has 1 N–H and O–H groups in total. The lowest BCUT2D eigenvalue weighted by Crippen LogP contribution is -2.43. The van der Waals surface area contributed by atoms with Gasteiger partial charge in [0.15, 0.2) is 0 Å². The second-order valence-corrected chi connectivity index (χ2v) is 7.14. The molecule has 0 saturated heterocycles. The smallest absolute Gasteiger partial charge is 0.245 e. The van der Waals surface area contributed by atoms with Crippen molar-refractivity contribution in [3.8, 4) is 0 Å². The third-order valence-electron chi connectivity index (χ3n) is 3.56. The number of amides is 1. The molecule has 0 radical (unpaired) electrons. The molecule has 114 valence electrons. The fourth-order valence-electron chi connectivity index (χ4n) is 2.45. The minimum atomic E-state index is -3.56. The van der Waals surface area contributed by atoms with E-state index in [9.17, 15) is 13.2 Å². The van der Waals surface area contributed by atoms with Crippen LogP contribution < -0.4 is 9.62 Å². The fourth-order valence-corrected chi connectivity index (χ4v) is 3.94. The molecule has 0 aromatic heterocycles. The van der Waals surface area contributed by atoms with E-state index < -0.39 is 10.0 Å². The van der Waals surface area contributed by atoms with E-state index in [-0.39, 0.29) is 18.2 Å². The van der Waals surface area contributed by atoms with Crippen LogP contribution in [-0.2, 0) is 21.2 Å². The largest absolute Gasteiger partial charge is 0.323 e. The summed E-state index contributed by atoms with van der Waals surface area (Å²) in [7, 11) is -3.56. The molecule has 2 aromatic rings. The molecule has 1 aliphatic heterocycles. The van der Waals surface area contributed by atoms with Crippen molar-refractivity contribution < 1.29 is 13.2 Å². The Bertz CT molecular complexity index is 788. The number of rotatable bonds is 4. The van der Waals surface area contributed by atoms with Crippen molar-refractivity contribution in [3.63, 3.8) is 0 Å². The molecule has 1 aliphatic rings. The zero-order valence-electron chi connectivity index (χ0n) is 11.9. The Labute approximate surface area is 129 Å². The first kappa shape index (κ1) is 14.6. The number of nitrogens with one attached hydrogen (secondary N) is 1. The molecule has 0 atom stereocenters. The number of fused-ring (bicyclic) bond motifs is 1. The third-order valence-corrected chi connectivity index (χ3v) is 5.28. The summed E-state index contributed by atoms with van der Waals surface area (Å²) in [6.45, 7) is -0.172. The number of hydrogen-bond donors (Lipinski definition) is 1. The number of aryl methyl sites for hydroxylation is 1. The van der Waals surface area contributed by atoms with E-state index in [4.69, 9.17) is 0 Å². The number of benzene rings is 2. The molecular formula is C16H16N2O3S. The van der Waals surface area contributed by atoms with Crippen molar-refractivity contribution in [1.29, 1.82) is 0 Å². The lowest BCUT2D eigenvalue weighted by molar-refractivity contribution is -0.115. The van der Waals surface area contributed by atoms with Gasteiger partial charge in [-0.15, -0.1) is 0 Å². The Kier molecular flexibility index (Phi) is 3.85.